The molecule has 0 amide bonds. The van der Waals surface area contributed by atoms with Gasteiger partial charge in [0.15, 0.2) is 0 Å². The quantitative estimate of drug-likeness (QED) is 0.637. The van der Waals surface area contributed by atoms with Crippen molar-refractivity contribution in [2.45, 2.75) is 6.10 Å². The van der Waals surface area contributed by atoms with Crippen molar-refractivity contribution in [3.8, 4) is 11.1 Å². The lowest BCUT2D eigenvalue weighted by Crippen LogP contribution is -2.02. The second-order valence-electron chi connectivity index (χ2n) is 6.53. The molecule has 1 atom stereocenters. The lowest BCUT2D eigenvalue weighted by atomic mass is 9.91. The first kappa shape index (κ1) is 17.7. The number of carbonyl (C=O) groups is 2. The summed E-state index contributed by atoms with van der Waals surface area (Å²) in [5.41, 5.74) is 4.05. The molecule has 5 heteroatoms. The van der Waals surface area contributed by atoms with E-state index in [1.54, 1.807) is 60.7 Å². The molecule has 0 spiro atoms. The first-order valence-corrected chi connectivity index (χ1v) is 8.67. The Balaban J connectivity index is 1.89. The second-order valence-corrected chi connectivity index (χ2v) is 6.53. The number of carboxylic acids is 2. The van der Waals surface area contributed by atoms with Gasteiger partial charge in [-0.05, 0) is 57.7 Å². The van der Waals surface area contributed by atoms with Gasteiger partial charge in [-0.1, -0.05) is 48.5 Å². The van der Waals surface area contributed by atoms with Crippen molar-refractivity contribution in [1.82, 2.24) is 0 Å². The average molecular weight is 372 g/mol. The molecule has 0 radical (unpaired) electrons. The monoisotopic (exact) mass is 372 g/mol. The number of hydrogen-bond acceptors (Lipinski definition) is 3. The maximum Gasteiger partial charge on any atom is 0.336 e. The van der Waals surface area contributed by atoms with Crippen LogP contribution in [0.25, 0.3) is 16.7 Å². The van der Waals surface area contributed by atoms with Crippen LogP contribution in [0.15, 0.2) is 72.8 Å². The van der Waals surface area contributed by atoms with E-state index in [0.29, 0.717) is 33.4 Å². The van der Waals surface area contributed by atoms with Crippen molar-refractivity contribution < 1.29 is 24.9 Å². The Kier molecular flexibility index (Phi) is 4.29. The minimum Gasteiger partial charge on any atom is -0.478 e. The molecule has 1 aliphatic rings. The maximum atomic E-state index is 11.6. The molecule has 5 nitrogen and oxygen atoms in total. The van der Waals surface area contributed by atoms with Gasteiger partial charge in [-0.25, -0.2) is 9.59 Å². The third kappa shape index (κ3) is 2.88. The Morgan fingerprint density at radius 3 is 1.93 bits per heavy atom. The van der Waals surface area contributed by atoms with Gasteiger partial charge in [-0.2, -0.15) is 0 Å². The summed E-state index contributed by atoms with van der Waals surface area (Å²) in [7, 11) is 0. The van der Waals surface area contributed by atoms with Crippen molar-refractivity contribution >= 4 is 17.5 Å². The van der Waals surface area contributed by atoms with Crippen LogP contribution in [0.5, 0.6) is 0 Å². The van der Waals surface area contributed by atoms with Crippen molar-refractivity contribution in [2.24, 2.45) is 0 Å². The number of benzene rings is 3. The van der Waals surface area contributed by atoms with Gasteiger partial charge in [0, 0.05) is 0 Å². The first-order chi connectivity index (χ1) is 13.5. The Hall–Kier alpha value is -3.70. The predicted molar refractivity (Wildman–Crippen MR) is 104 cm³/mol. The zero-order valence-corrected chi connectivity index (χ0v) is 14.7. The van der Waals surface area contributed by atoms with Crippen LogP contribution in [0.1, 0.15) is 43.5 Å². The summed E-state index contributed by atoms with van der Waals surface area (Å²) < 4.78 is 0. The average Bonchev–Trinajstić information content (AvgIpc) is 3.03. The molecule has 0 aromatic heterocycles. The van der Waals surface area contributed by atoms with Crippen LogP contribution < -0.4 is 0 Å². The summed E-state index contributed by atoms with van der Waals surface area (Å²) in [5.74, 6) is -2.07. The van der Waals surface area contributed by atoms with E-state index < -0.39 is 18.0 Å². The van der Waals surface area contributed by atoms with E-state index in [1.807, 2.05) is 0 Å². The van der Waals surface area contributed by atoms with Crippen LogP contribution in [0.3, 0.4) is 0 Å². The molecule has 0 saturated heterocycles. The largest absolute Gasteiger partial charge is 0.478 e. The second kappa shape index (κ2) is 6.79. The van der Waals surface area contributed by atoms with Gasteiger partial charge in [0.05, 0.1) is 17.2 Å². The van der Waals surface area contributed by atoms with Crippen molar-refractivity contribution in [1.29, 1.82) is 0 Å². The molecule has 0 saturated carbocycles. The summed E-state index contributed by atoms with van der Waals surface area (Å²) in [4.78, 5) is 23.2. The first-order valence-electron chi connectivity index (χ1n) is 8.67. The fourth-order valence-corrected chi connectivity index (χ4v) is 3.61. The number of hydrogen-bond donors (Lipinski definition) is 3. The molecule has 1 aliphatic carbocycles. The molecule has 3 N–H and O–H groups in total. The number of carboxylic acid groups (broad SMARTS) is 2. The number of aromatic carboxylic acids is 2. The molecule has 3 aromatic carbocycles. The van der Waals surface area contributed by atoms with Gasteiger partial charge < -0.3 is 15.3 Å². The van der Waals surface area contributed by atoms with E-state index in [2.05, 4.69) is 0 Å². The van der Waals surface area contributed by atoms with E-state index in [-0.39, 0.29) is 11.1 Å². The SMILES string of the molecule is O=C(O)c1ccccc1C1=CC(O)c2ccc(-c3ccccc3C(=O)O)cc21. The van der Waals surface area contributed by atoms with Gasteiger partial charge in [-0.3, -0.25) is 0 Å². The van der Waals surface area contributed by atoms with Crippen molar-refractivity contribution in [3.63, 3.8) is 0 Å². The summed E-state index contributed by atoms with van der Waals surface area (Å²) in [5, 5.41) is 29.4. The minimum absolute atomic E-state index is 0.144. The van der Waals surface area contributed by atoms with Crippen LogP contribution >= 0.6 is 0 Å². The van der Waals surface area contributed by atoms with Gasteiger partial charge in [0.25, 0.3) is 0 Å². The van der Waals surface area contributed by atoms with E-state index >= 15 is 0 Å². The van der Waals surface area contributed by atoms with Gasteiger partial charge in [-0.15, -0.1) is 0 Å². The van der Waals surface area contributed by atoms with Crippen LogP contribution in [0.4, 0.5) is 0 Å². The lowest BCUT2D eigenvalue weighted by molar-refractivity contribution is 0.0686. The molecule has 28 heavy (non-hydrogen) atoms. The lowest BCUT2D eigenvalue weighted by Gasteiger charge is -2.13. The number of rotatable bonds is 4. The molecule has 138 valence electrons. The van der Waals surface area contributed by atoms with Crippen LogP contribution in [0, 0.1) is 0 Å². The summed E-state index contributed by atoms with van der Waals surface area (Å²) >= 11 is 0. The zero-order chi connectivity index (χ0) is 19.8. The molecular formula is C23H16O5. The highest BCUT2D eigenvalue weighted by Crippen LogP contribution is 2.41. The maximum absolute atomic E-state index is 11.6. The Labute approximate surface area is 160 Å². The summed E-state index contributed by atoms with van der Waals surface area (Å²) in [6.07, 6.45) is 0.773. The summed E-state index contributed by atoms with van der Waals surface area (Å²) in [6, 6.07) is 18.6. The number of aliphatic hydroxyl groups is 1. The van der Waals surface area contributed by atoms with Crippen LogP contribution in [0.2, 0.25) is 0 Å². The van der Waals surface area contributed by atoms with Crippen LogP contribution in [-0.2, 0) is 0 Å². The molecule has 3 aromatic rings. The molecule has 1 unspecified atom stereocenters. The van der Waals surface area contributed by atoms with Gasteiger partial charge in [0.1, 0.15) is 0 Å². The van der Waals surface area contributed by atoms with Crippen LogP contribution in [-0.4, -0.2) is 27.3 Å². The fourth-order valence-electron chi connectivity index (χ4n) is 3.61. The van der Waals surface area contributed by atoms with Gasteiger partial charge in [0.2, 0.25) is 0 Å². The molecule has 0 bridgehead atoms. The van der Waals surface area contributed by atoms with E-state index in [1.165, 1.54) is 12.1 Å². The smallest absolute Gasteiger partial charge is 0.336 e. The Bertz CT molecular complexity index is 1140. The van der Waals surface area contributed by atoms with E-state index in [0.717, 1.165) is 0 Å². The third-order valence-corrected chi connectivity index (χ3v) is 4.90. The minimum atomic E-state index is -1.05. The molecule has 0 fully saturated rings. The predicted octanol–water partition coefficient (Wildman–Crippen LogP) is 4.23. The zero-order valence-electron chi connectivity index (χ0n) is 14.7. The standard InChI is InChI=1S/C23H16O5/c24-21-12-20(15-6-2-4-8-18(15)23(27)28)19-11-13(9-10-16(19)21)14-5-1-3-7-17(14)22(25)26/h1-12,21,24H,(H,25,26)(H,27,28). The Morgan fingerprint density at radius 2 is 1.29 bits per heavy atom. The highest BCUT2D eigenvalue weighted by atomic mass is 16.4. The van der Waals surface area contributed by atoms with E-state index in [4.69, 9.17) is 0 Å². The fraction of sp³-hybridized carbons (Fsp3) is 0.0435. The normalized spacial score (nSPS) is 15.0. The summed E-state index contributed by atoms with van der Waals surface area (Å²) in [6.45, 7) is 0. The van der Waals surface area contributed by atoms with Crippen molar-refractivity contribution in [3.05, 3.63) is 101 Å². The van der Waals surface area contributed by atoms with Crippen molar-refractivity contribution in [2.75, 3.05) is 0 Å². The topological polar surface area (TPSA) is 94.8 Å². The molecule has 0 heterocycles. The molecule has 0 aliphatic heterocycles. The number of fused-ring (bicyclic) bond motifs is 1. The molecule has 4 rings (SSSR count). The van der Waals surface area contributed by atoms with Gasteiger partial charge >= 0.3 is 11.9 Å². The highest BCUT2D eigenvalue weighted by Gasteiger charge is 2.26. The molecular weight excluding hydrogens is 356 g/mol. The highest BCUT2D eigenvalue weighted by molar-refractivity contribution is 6.00. The van der Waals surface area contributed by atoms with E-state index in [9.17, 15) is 24.9 Å². The number of aliphatic hydroxyl groups excluding tert-OH is 1. The third-order valence-electron chi connectivity index (χ3n) is 4.90. The Morgan fingerprint density at radius 1 is 0.714 bits per heavy atom.